The summed E-state index contributed by atoms with van der Waals surface area (Å²) in [6, 6.07) is 0. The van der Waals surface area contributed by atoms with Gasteiger partial charge in [0.2, 0.25) is 4.96 Å². The maximum absolute atomic E-state index is 5.97. The highest BCUT2D eigenvalue weighted by atomic mass is 32.1. The van der Waals surface area contributed by atoms with E-state index in [1.54, 1.807) is 4.52 Å². The summed E-state index contributed by atoms with van der Waals surface area (Å²) in [6.45, 7) is 8.21. The van der Waals surface area contributed by atoms with E-state index in [0.29, 0.717) is 5.00 Å². The molecule has 6 nitrogen and oxygen atoms in total. The molecule has 2 N–H and O–H groups in total. The van der Waals surface area contributed by atoms with Crippen molar-refractivity contribution in [1.82, 2.24) is 24.2 Å². The second-order valence-corrected chi connectivity index (χ2v) is 7.14. The van der Waals surface area contributed by atoms with Gasteiger partial charge in [0.25, 0.3) is 0 Å². The summed E-state index contributed by atoms with van der Waals surface area (Å²) in [5.74, 6) is 0.851. The number of rotatable bonds is 1. The lowest BCUT2D eigenvalue weighted by Crippen LogP contribution is -2.16. The molecule has 3 aromatic rings. The van der Waals surface area contributed by atoms with Crippen LogP contribution in [-0.2, 0) is 5.41 Å². The monoisotopic (exact) mass is 294 g/mol. The van der Waals surface area contributed by atoms with Gasteiger partial charge < -0.3 is 5.73 Å². The molecule has 0 atom stereocenters. The third-order valence-corrected chi connectivity index (χ3v) is 4.45. The van der Waals surface area contributed by atoms with Gasteiger partial charge in [-0.15, -0.1) is 10.2 Å². The number of hydrogen-bond acceptors (Lipinski definition) is 7. The highest BCUT2D eigenvalue weighted by Crippen LogP contribution is 2.35. The molecule has 100 valence electrons. The van der Waals surface area contributed by atoms with Gasteiger partial charge in [-0.05, 0) is 18.5 Å². The predicted octanol–water partition coefficient (Wildman–Crippen LogP) is 2.50. The molecule has 8 heteroatoms. The largest absolute Gasteiger partial charge is 0.389 e. The highest BCUT2D eigenvalue weighted by molar-refractivity contribution is 7.20. The lowest BCUT2D eigenvalue weighted by molar-refractivity contribution is 0.528. The Morgan fingerprint density at radius 2 is 1.95 bits per heavy atom. The first-order chi connectivity index (χ1) is 8.88. The molecule has 0 saturated carbocycles. The molecule has 0 aliphatic rings. The molecular weight excluding hydrogens is 280 g/mol. The fraction of sp³-hybridized carbons (Fsp3) is 0.455. The quantitative estimate of drug-likeness (QED) is 0.745. The third kappa shape index (κ3) is 1.91. The number of aryl methyl sites for hydroxylation is 1. The van der Waals surface area contributed by atoms with Gasteiger partial charge in [0.1, 0.15) is 5.00 Å². The van der Waals surface area contributed by atoms with Crippen molar-refractivity contribution in [2.24, 2.45) is 0 Å². The lowest BCUT2D eigenvalue weighted by atomic mass is 9.96. The van der Waals surface area contributed by atoms with E-state index in [9.17, 15) is 0 Å². The molecule has 0 aliphatic carbocycles. The second kappa shape index (κ2) is 3.97. The van der Waals surface area contributed by atoms with E-state index in [2.05, 4.69) is 40.4 Å². The number of nitrogens with zero attached hydrogens (tertiary/aromatic N) is 5. The summed E-state index contributed by atoms with van der Waals surface area (Å²) in [5, 5.41) is 14.5. The first-order valence-corrected chi connectivity index (χ1v) is 7.42. The zero-order chi connectivity index (χ0) is 13.8. The van der Waals surface area contributed by atoms with Gasteiger partial charge in [0.05, 0.1) is 11.3 Å². The number of nitrogens with two attached hydrogens (primary N) is 1. The fourth-order valence-electron chi connectivity index (χ4n) is 1.83. The van der Waals surface area contributed by atoms with Crippen molar-refractivity contribution in [3.8, 4) is 10.6 Å². The van der Waals surface area contributed by atoms with Crippen molar-refractivity contribution in [2.75, 3.05) is 5.73 Å². The minimum absolute atomic E-state index is 0.0990. The average Bonchev–Trinajstić information content (AvgIpc) is 2.90. The zero-order valence-corrected chi connectivity index (χ0v) is 12.8. The van der Waals surface area contributed by atoms with Crippen LogP contribution in [0, 0.1) is 6.92 Å². The highest BCUT2D eigenvalue weighted by Gasteiger charge is 2.24. The molecule has 3 aromatic heterocycles. The standard InChI is InChI=1S/C11H14N6S2/c1-5-6(7(12)19-16-5)8-15-17-9(11(2,3)4)13-14-10(17)18-8/h12H2,1-4H3. The maximum Gasteiger partial charge on any atom is 0.235 e. The van der Waals surface area contributed by atoms with E-state index in [0.717, 1.165) is 27.1 Å². The van der Waals surface area contributed by atoms with Crippen molar-refractivity contribution in [2.45, 2.75) is 33.1 Å². The molecule has 0 saturated heterocycles. The fourth-order valence-corrected chi connectivity index (χ4v) is 3.51. The Kier molecular flexibility index (Phi) is 2.61. The van der Waals surface area contributed by atoms with Gasteiger partial charge >= 0.3 is 0 Å². The van der Waals surface area contributed by atoms with Crippen molar-refractivity contribution in [1.29, 1.82) is 0 Å². The first kappa shape index (κ1) is 12.5. The van der Waals surface area contributed by atoms with Crippen LogP contribution < -0.4 is 5.73 Å². The van der Waals surface area contributed by atoms with Gasteiger partial charge in [0, 0.05) is 5.41 Å². The zero-order valence-electron chi connectivity index (χ0n) is 11.1. The molecule has 3 heterocycles. The summed E-state index contributed by atoms with van der Waals surface area (Å²) in [4.78, 5) is 0.782. The summed E-state index contributed by atoms with van der Waals surface area (Å²) in [7, 11) is 0. The van der Waals surface area contributed by atoms with Crippen LogP contribution in [0.15, 0.2) is 0 Å². The van der Waals surface area contributed by atoms with Crippen LogP contribution in [-0.4, -0.2) is 24.2 Å². The van der Waals surface area contributed by atoms with Crippen molar-refractivity contribution < 1.29 is 0 Å². The Morgan fingerprint density at radius 3 is 2.53 bits per heavy atom. The first-order valence-electron chi connectivity index (χ1n) is 5.83. The van der Waals surface area contributed by atoms with Crippen molar-refractivity contribution >= 4 is 32.8 Å². The summed E-state index contributed by atoms with van der Waals surface area (Å²) >= 11 is 2.78. The molecular formula is C11H14N6S2. The number of anilines is 1. The van der Waals surface area contributed by atoms with Crippen LogP contribution in [0.2, 0.25) is 0 Å². The van der Waals surface area contributed by atoms with Gasteiger partial charge in [-0.25, -0.2) is 0 Å². The SMILES string of the molecule is Cc1nsc(N)c1-c1nn2c(C(C)(C)C)nnc2s1. The van der Waals surface area contributed by atoms with Crippen LogP contribution in [0.25, 0.3) is 15.5 Å². The number of fused-ring (bicyclic) bond motifs is 1. The molecule has 0 unspecified atom stereocenters. The van der Waals surface area contributed by atoms with E-state index in [-0.39, 0.29) is 5.41 Å². The summed E-state index contributed by atoms with van der Waals surface area (Å²) in [5.41, 5.74) is 7.69. The second-order valence-electron chi connectivity index (χ2n) is 5.38. The van der Waals surface area contributed by atoms with Crippen molar-refractivity contribution in [3.05, 3.63) is 11.5 Å². The number of nitrogen functional groups attached to an aromatic ring is 1. The number of hydrogen-bond donors (Lipinski definition) is 1. The smallest absolute Gasteiger partial charge is 0.235 e. The molecule has 0 spiro atoms. The normalized spacial score (nSPS) is 12.4. The maximum atomic E-state index is 5.97. The molecule has 0 fully saturated rings. The Hall–Kier alpha value is -1.54. The molecule has 0 aliphatic heterocycles. The van der Waals surface area contributed by atoms with E-state index in [1.807, 2.05) is 6.92 Å². The van der Waals surface area contributed by atoms with Crippen LogP contribution in [0.5, 0.6) is 0 Å². The van der Waals surface area contributed by atoms with Crippen molar-refractivity contribution in [3.63, 3.8) is 0 Å². The molecule has 3 rings (SSSR count). The third-order valence-electron chi connectivity index (χ3n) is 2.76. The van der Waals surface area contributed by atoms with E-state index in [4.69, 9.17) is 5.73 Å². The minimum atomic E-state index is -0.0990. The van der Waals surface area contributed by atoms with E-state index < -0.39 is 0 Å². The van der Waals surface area contributed by atoms with Crippen LogP contribution in [0.4, 0.5) is 5.00 Å². The summed E-state index contributed by atoms with van der Waals surface area (Å²) in [6.07, 6.45) is 0. The van der Waals surface area contributed by atoms with Crippen LogP contribution in [0.3, 0.4) is 0 Å². The molecule has 0 aromatic carbocycles. The van der Waals surface area contributed by atoms with Crippen LogP contribution in [0.1, 0.15) is 32.3 Å². The summed E-state index contributed by atoms with van der Waals surface area (Å²) < 4.78 is 6.06. The lowest BCUT2D eigenvalue weighted by Gasteiger charge is -2.13. The predicted molar refractivity (Wildman–Crippen MR) is 77.6 cm³/mol. The topological polar surface area (TPSA) is 82.0 Å². The van der Waals surface area contributed by atoms with Gasteiger partial charge in [0.15, 0.2) is 10.8 Å². The Bertz CT molecular complexity index is 725. The Morgan fingerprint density at radius 1 is 1.21 bits per heavy atom. The number of aromatic nitrogens is 5. The van der Waals surface area contributed by atoms with E-state index >= 15 is 0 Å². The van der Waals surface area contributed by atoms with Gasteiger partial charge in [-0.2, -0.15) is 14.0 Å². The Labute approximate surface area is 118 Å². The van der Waals surface area contributed by atoms with E-state index in [1.165, 1.54) is 22.9 Å². The average molecular weight is 294 g/mol. The van der Waals surface area contributed by atoms with Crippen LogP contribution >= 0.6 is 22.9 Å². The molecule has 19 heavy (non-hydrogen) atoms. The molecule has 0 bridgehead atoms. The van der Waals surface area contributed by atoms with Gasteiger partial charge in [-0.1, -0.05) is 32.1 Å². The molecule has 0 amide bonds. The minimum Gasteiger partial charge on any atom is -0.389 e. The van der Waals surface area contributed by atoms with Gasteiger partial charge in [-0.3, -0.25) is 0 Å². The molecule has 0 radical (unpaired) electrons. The Balaban J connectivity index is 2.21.